The Kier molecular flexibility index (Phi) is 2.56. The maximum absolute atomic E-state index is 10.7. The second kappa shape index (κ2) is 3.33. The minimum absolute atomic E-state index is 0.0819. The molecule has 0 aromatic carbocycles. The van der Waals surface area contributed by atoms with Gasteiger partial charge in [-0.2, -0.15) is 5.26 Å². The van der Waals surface area contributed by atoms with Gasteiger partial charge in [0.05, 0.1) is 6.07 Å². The summed E-state index contributed by atoms with van der Waals surface area (Å²) in [6, 6.07) is 2.18. The van der Waals surface area contributed by atoms with Gasteiger partial charge in [0.2, 0.25) is 0 Å². The van der Waals surface area contributed by atoms with Gasteiger partial charge in [0, 0.05) is 6.42 Å². The van der Waals surface area contributed by atoms with Crippen LogP contribution in [0.2, 0.25) is 0 Å². The lowest BCUT2D eigenvalue weighted by atomic mass is 10.1. The van der Waals surface area contributed by atoms with E-state index in [9.17, 15) is 4.79 Å². The van der Waals surface area contributed by atoms with Crippen molar-refractivity contribution in [2.75, 3.05) is 0 Å². The average Bonchev–Trinajstić information content (AvgIpc) is 2.51. The molecule has 2 atom stereocenters. The van der Waals surface area contributed by atoms with Crippen LogP contribution in [-0.2, 0) is 4.79 Å². The molecule has 0 aromatic rings. The SMILES string of the molecule is CC(=O)/C=C/C1C(CC#N)C1(C)C. The molecule has 1 fully saturated rings. The number of rotatable bonds is 3. The third-order valence-corrected chi connectivity index (χ3v) is 2.99. The molecule has 0 N–H and O–H groups in total. The topological polar surface area (TPSA) is 40.9 Å². The molecule has 13 heavy (non-hydrogen) atoms. The Bertz CT molecular complexity index is 283. The molecule has 2 nitrogen and oxygen atoms in total. The van der Waals surface area contributed by atoms with Crippen LogP contribution in [0.1, 0.15) is 27.2 Å². The molecule has 2 unspecified atom stereocenters. The fourth-order valence-electron chi connectivity index (χ4n) is 1.90. The zero-order valence-electron chi connectivity index (χ0n) is 8.37. The number of nitriles is 1. The van der Waals surface area contributed by atoms with Crippen LogP contribution in [-0.4, -0.2) is 5.78 Å². The average molecular weight is 177 g/mol. The Morgan fingerprint density at radius 1 is 1.62 bits per heavy atom. The van der Waals surface area contributed by atoms with E-state index >= 15 is 0 Å². The first kappa shape index (κ1) is 9.98. The van der Waals surface area contributed by atoms with Crippen molar-refractivity contribution in [3.63, 3.8) is 0 Å². The Labute approximate surface area is 79.2 Å². The molecule has 0 heterocycles. The largest absolute Gasteiger partial charge is 0.295 e. The summed E-state index contributed by atoms with van der Waals surface area (Å²) in [6.45, 7) is 5.83. The van der Waals surface area contributed by atoms with Crippen LogP contribution in [0.25, 0.3) is 0 Å². The Balaban J connectivity index is 2.56. The number of carbonyl (C=O) groups excluding carboxylic acids is 1. The molecule has 1 saturated carbocycles. The summed E-state index contributed by atoms with van der Waals surface area (Å²) in [5.74, 6) is 0.933. The molecule has 0 spiro atoms. The summed E-state index contributed by atoms with van der Waals surface area (Å²) in [5, 5.41) is 8.56. The van der Waals surface area contributed by atoms with Gasteiger partial charge in [-0.1, -0.05) is 19.9 Å². The second-order valence-electron chi connectivity index (χ2n) is 4.29. The molecular weight excluding hydrogens is 162 g/mol. The smallest absolute Gasteiger partial charge is 0.152 e. The van der Waals surface area contributed by atoms with Gasteiger partial charge in [0.25, 0.3) is 0 Å². The Morgan fingerprint density at radius 2 is 2.23 bits per heavy atom. The normalized spacial score (nSPS) is 30.0. The number of nitrogens with zero attached hydrogens (tertiary/aromatic N) is 1. The van der Waals surface area contributed by atoms with E-state index in [0.29, 0.717) is 18.3 Å². The van der Waals surface area contributed by atoms with Crippen molar-refractivity contribution in [2.24, 2.45) is 17.3 Å². The van der Waals surface area contributed by atoms with Crippen LogP contribution in [0.5, 0.6) is 0 Å². The summed E-state index contributed by atoms with van der Waals surface area (Å²) < 4.78 is 0. The van der Waals surface area contributed by atoms with Crippen molar-refractivity contribution in [1.82, 2.24) is 0 Å². The number of hydrogen-bond donors (Lipinski definition) is 0. The molecular formula is C11H15NO. The standard InChI is InChI=1S/C11H15NO/c1-8(13)4-5-9-10(6-7-12)11(9,2)3/h4-5,9-10H,6H2,1-3H3/b5-4+. The van der Waals surface area contributed by atoms with Crippen LogP contribution in [0.15, 0.2) is 12.2 Å². The summed E-state index contributed by atoms with van der Waals surface area (Å²) in [5.41, 5.74) is 0.210. The van der Waals surface area contributed by atoms with Crippen LogP contribution >= 0.6 is 0 Å². The summed E-state index contributed by atoms with van der Waals surface area (Å²) in [7, 11) is 0. The Hall–Kier alpha value is -1.10. The first-order valence-corrected chi connectivity index (χ1v) is 4.56. The van der Waals surface area contributed by atoms with E-state index < -0.39 is 0 Å². The molecule has 0 radical (unpaired) electrons. The van der Waals surface area contributed by atoms with Gasteiger partial charge in [-0.25, -0.2) is 0 Å². The lowest BCUT2D eigenvalue weighted by Gasteiger charge is -1.96. The molecule has 0 saturated heterocycles. The van der Waals surface area contributed by atoms with Gasteiger partial charge in [0.15, 0.2) is 5.78 Å². The van der Waals surface area contributed by atoms with E-state index in [1.54, 1.807) is 13.0 Å². The quantitative estimate of drug-likeness (QED) is 0.621. The van der Waals surface area contributed by atoms with Crippen LogP contribution < -0.4 is 0 Å². The predicted octanol–water partition coefficient (Wildman–Crippen LogP) is 2.32. The zero-order chi connectivity index (χ0) is 10.1. The monoisotopic (exact) mass is 177 g/mol. The first-order chi connectivity index (χ1) is 6.00. The zero-order valence-corrected chi connectivity index (χ0v) is 8.37. The van der Waals surface area contributed by atoms with Crippen molar-refractivity contribution in [3.05, 3.63) is 12.2 Å². The summed E-state index contributed by atoms with van der Waals surface area (Å²) in [6.07, 6.45) is 4.16. The van der Waals surface area contributed by atoms with Gasteiger partial charge < -0.3 is 0 Å². The van der Waals surface area contributed by atoms with E-state index in [-0.39, 0.29) is 11.2 Å². The maximum atomic E-state index is 10.7. The maximum Gasteiger partial charge on any atom is 0.152 e. The number of allylic oxidation sites excluding steroid dienone is 2. The highest BCUT2D eigenvalue weighted by molar-refractivity contribution is 5.87. The molecule has 1 aliphatic rings. The highest BCUT2D eigenvalue weighted by atomic mass is 16.1. The van der Waals surface area contributed by atoms with Gasteiger partial charge >= 0.3 is 0 Å². The lowest BCUT2D eigenvalue weighted by molar-refractivity contribution is -0.112. The molecule has 1 rings (SSSR count). The van der Waals surface area contributed by atoms with Gasteiger partial charge in [-0.15, -0.1) is 0 Å². The highest BCUT2D eigenvalue weighted by Crippen LogP contribution is 2.60. The third kappa shape index (κ3) is 1.98. The van der Waals surface area contributed by atoms with E-state index in [4.69, 9.17) is 5.26 Å². The third-order valence-electron chi connectivity index (χ3n) is 2.99. The van der Waals surface area contributed by atoms with Gasteiger partial charge in [-0.3, -0.25) is 4.79 Å². The van der Waals surface area contributed by atoms with E-state index in [1.807, 2.05) is 6.08 Å². The molecule has 2 heteroatoms. The lowest BCUT2D eigenvalue weighted by Crippen LogP contribution is -1.89. The van der Waals surface area contributed by atoms with E-state index in [0.717, 1.165) is 0 Å². The number of carbonyl (C=O) groups is 1. The fourth-order valence-corrected chi connectivity index (χ4v) is 1.90. The fraction of sp³-hybridized carbons (Fsp3) is 0.636. The van der Waals surface area contributed by atoms with Crippen molar-refractivity contribution in [3.8, 4) is 6.07 Å². The number of hydrogen-bond acceptors (Lipinski definition) is 2. The van der Waals surface area contributed by atoms with Crippen molar-refractivity contribution < 1.29 is 4.79 Å². The van der Waals surface area contributed by atoms with E-state index in [1.165, 1.54) is 0 Å². The summed E-state index contributed by atoms with van der Waals surface area (Å²) in [4.78, 5) is 10.7. The molecule has 0 aromatic heterocycles. The molecule has 0 aliphatic heterocycles. The minimum Gasteiger partial charge on any atom is -0.295 e. The van der Waals surface area contributed by atoms with Crippen molar-refractivity contribution in [2.45, 2.75) is 27.2 Å². The van der Waals surface area contributed by atoms with E-state index in [2.05, 4.69) is 19.9 Å². The molecule has 0 bridgehead atoms. The Morgan fingerprint density at radius 3 is 2.69 bits per heavy atom. The van der Waals surface area contributed by atoms with Crippen LogP contribution in [0.4, 0.5) is 0 Å². The second-order valence-corrected chi connectivity index (χ2v) is 4.29. The highest BCUT2D eigenvalue weighted by Gasteiger charge is 2.55. The van der Waals surface area contributed by atoms with Crippen molar-refractivity contribution in [1.29, 1.82) is 5.26 Å². The number of ketones is 1. The first-order valence-electron chi connectivity index (χ1n) is 4.56. The van der Waals surface area contributed by atoms with Crippen LogP contribution in [0, 0.1) is 28.6 Å². The predicted molar refractivity (Wildman–Crippen MR) is 50.8 cm³/mol. The summed E-state index contributed by atoms with van der Waals surface area (Å²) >= 11 is 0. The van der Waals surface area contributed by atoms with Gasteiger partial charge in [-0.05, 0) is 30.3 Å². The molecule has 70 valence electrons. The van der Waals surface area contributed by atoms with Crippen LogP contribution in [0.3, 0.4) is 0 Å². The van der Waals surface area contributed by atoms with Gasteiger partial charge in [0.1, 0.15) is 0 Å². The molecule has 1 aliphatic carbocycles. The minimum atomic E-state index is 0.0819. The molecule has 0 amide bonds. The van der Waals surface area contributed by atoms with Crippen molar-refractivity contribution >= 4 is 5.78 Å².